The fourth-order valence-corrected chi connectivity index (χ4v) is 2.95. The van der Waals surface area contributed by atoms with Crippen molar-refractivity contribution in [1.29, 1.82) is 0 Å². The molecule has 0 spiro atoms. The van der Waals surface area contributed by atoms with Gasteiger partial charge in [-0.3, -0.25) is 4.79 Å². The van der Waals surface area contributed by atoms with Crippen molar-refractivity contribution in [1.82, 2.24) is 20.1 Å². The van der Waals surface area contributed by atoms with E-state index in [2.05, 4.69) is 36.0 Å². The Bertz CT molecular complexity index is 627. The second-order valence-corrected chi connectivity index (χ2v) is 8.70. The smallest absolute Gasteiger partial charge is 0.318 e. The molecule has 1 atom stereocenters. The molecule has 0 saturated heterocycles. The Kier molecular flexibility index (Phi) is 16.4. The summed E-state index contributed by atoms with van der Waals surface area (Å²) in [4.78, 5) is 32.3. The highest BCUT2D eigenvalue weighted by Gasteiger charge is 2.20. The summed E-state index contributed by atoms with van der Waals surface area (Å²) in [6.07, 6.45) is 0.619. The van der Waals surface area contributed by atoms with Crippen molar-refractivity contribution in [3.8, 4) is 0 Å². The molecule has 0 radical (unpaired) electrons. The lowest BCUT2D eigenvalue weighted by Gasteiger charge is -2.23. The quantitative estimate of drug-likeness (QED) is 0.532. The predicted octanol–water partition coefficient (Wildman–Crippen LogP) is 5.40. The Morgan fingerprint density at radius 1 is 1.23 bits per heavy atom. The highest BCUT2D eigenvalue weighted by molar-refractivity contribution is 7.09. The van der Waals surface area contributed by atoms with Crippen molar-refractivity contribution in [2.45, 2.75) is 86.2 Å². The van der Waals surface area contributed by atoms with E-state index in [9.17, 15) is 18.4 Å². The summed E-state index contributed by atoms with van der Waals surface area (Å²) in [5.41, 5.74) is 0.881. The zero-order chi connectivity index (χ0) is 24.8. The summed E-state index contributed by atoms with van der Waals surface area (Å²) in [5, 5.41) is 5.89. The maximum Gasteiger partial charge on any atom is 0.318 e. The number of nitrogens with zero attached hydrogens (tertiary/aromatic N) is 3. The molecule has 2 amide bonds. The van der Waals surface area contributed by atoms with E-state index in [1.54, 1.807) is 23.3 Å². The Balaban J connectivity index is 0. The normalized spacial score (nSPS) is 11.8. The van der Waals surface area contributed by atoms with E-state index in [-0.39, 0.29) is 11.8 Å². The van der Waals surface area contributed by atoms with E-state index >= 15 is 0 Å². The number of carbonyl (C=O) groups excluding carboxylic acids is 2. The summed E-state index contributed by atoms with van der Waals surface area (Å²) < 4.78 is 22.0. The number of urea groups is 1. The van der Waals surface area contributed by atoms with Crippen LogP contribution >= 0.6 is 11.3 Å². The molecule has 1 N–H and O–H groups in total. The van der Waals surface area contributed by atoms with Crippen molar-refractivity contribution < 1.29 is 18.4 Å². The van der Waals surface area contributed by atoms with E-state index in [1.165, 1.54) is 6.92 Å². The summed E-state index contributed by atoms with van der Waals surface area (Å²) in [6.45, 7) is 15.6. The van der Waals surface area contributed by atoms with Gasteiger partial charge in [-0.1, -0.05) is 34.6 Å². The molecule has 0 aliphatic carbocycles. The van der Waals surface area contributed by atoms with Crippen molar-refractivity contribution in [3.63, 3.8) is 0 Å². The summed E-state index contributed by atoms with van der Waals surface area (Å²) in [5.74, 6) is -2.13. The van der Waals surface area contributed by atoms with Gasteiger partial charge in [0, 0.05) is 24.9 Å². The van der Waals surface area contributed by atoms with Crippen LogP contribution in [0.3, 0.4) is 0 Å². The molecule has 0 saturated carbocycles. The first-order valence-electron chi connectivity index (χ1n) is 10.8. The van der Waals surface area contributed by atoms with Crippen LogP contribution in [0.4, 0.5) is 13.6 Å². The standard InChI is InChI=1S/C17H30N4O2S.C3H6F2.C2H6/c1-7-20(5)9-8-15(13(4)22)19-17(23)21(6)10-14-11-24-16(18-14)12(2)3;1-3(2,4)5;1-2/h11-12,15H,7-10H2,1-6H3,(H,19,23);1-2H3;1-2H3. The molecule has 0 bridgehead atoms. The van der Waals surface area contributed by atoms with E-state index in [0.29, 0.717) is 18.9 Å². The van der Waals surface area contributed by atoms with Crippen molar-refractivity contribution in [2.75, 3.05) is 27.2 Å². The molecular formula is C22H42F2N4O2S. The number of aromatic nitrogens is 1. The molecule has 1 rings (SSSR count). The van der Waals surface area contributed by atoms with Gasteiger partial charge in [-0.05, 0) is 40.8 Å². The van der Waals surface area contributed by atoms with E-state index < -0.39 is 12.0 Å². The monoisotopic (exact) mass is 464 g/mol. The number of hydrogen-bond acceptors (Lipinski definition) is 5. The number of Topliss-reactive ketones (excluding diaryl/α,β-unsaturated/α-hetero) is 1. The Labute approximate surface area is 191 Å². The third-order valence-corrected chi connectivity index (χ3v) is 5.13. The van der Waals surface area contributed by atoms with Gasteiger partial charge in [-0.25, -0.2) is 18.6 Å². The number of thiazole rings is 1. The highest BCUT2D eigenvalue weighted by Crippen LogP contribution is 2.19. The number of carbonyl (C=O) groups is 2. The minimum absolute atomic E-state index is 0.0167. The second kappa shape index (κ2) is 16.1. The maximum absolute atomic E-state index is 12.3. The lowest BCUT2D eigenvalue weighted by molar-refractivity contribution is -0.119. The molecule has 31 heavy (non-hydrogen) atoms. The topological polar surface area (TPSA) is 65.5 Å². The van der Waals surface area contributed by atoms with Gasteiger partial charge in [0.2, 0.25) is 5.92 Å². The molecule has 0 aromatic carbocycles. The number of nitrogens with one attached hydrogen (secondary N) is 1. The Morgan fingerprint density at radius 2 is 1.74 bits per heavy atom. The SMILES string of the molecule is CC.CC(C)(F)F.CCN(C)CCC(NC(=O)N(C)Cc1csc(C(C)C)n1)C(C)=O. The van der Waals surface area contributed by atoms with Gasteiger partial charge in [-0.2, -0.15) is 0 Å². The van der Waals surface area contributed by atoms with Crippen LogP contribution in [0.5, 0.6) is 0 Å². The fourth-order valence-electron chi connectivity index (χ4n) is 2.12. The van der Waals surface area contributed by atoms with Gasteiger partial charge < -0.3 is 15.1 Å². The van der Waals surface area contributed by atoms with Crippen LogP contribution in [0.15, 0.2) is 5.38 Å². The first-order chi connectivity index (χ1) is 14.2. The molecule has 1 aromatic rings. The van der Waals surface area contributed by atoms with Crippen LogP contribution in [-0.2, 0) is 11.3 Å². The Hall–Kier alpha value is -1.61. The van der Waals surface area contributed by atoms with E-state index in [0.717, 1.165) is 37.6 Å². The van der Waals surface area contributed by atoms with Crippen molar-refractivity contribution in [2.24, 2.45) is 0 Å². The molecular weight excluding hydrogens is 422 g/mol. The van der Waals surface area contributed by atoms with Crippen LogP contribution in [0.2, 0.25) is 0 Å². The van der Waals surface area contributed by atoms with Crippen LogP contribution < -0.4 is 5.32 Å². The highest BCUT2D eigenvalue weighted by atomic mass is 32.1. The number of halogens is 2. The zero-order valence-corrected chi connectivity index (χ0v) is 21.7. The minimum Gasteiger partial charge on any atom is -0.328 e. The third kappa shape index (κ3) is 16.7. The molecule has 182 valence electrons. The van der Waals surface area contributed by atoms with Gasteiger partial charge in [0.1, 0.15) is 0 Å². The van der Waals surface area contributed by atoms with Gasteiger partial charge in [0.15, 0.2) is 5.78 Å². The lowest BCUT2D eigenvalue weighted by Crippen LogP contribution is -2.47. The van der Waals surface area contributed by atoms with Gasteiger partial charge in [0.05, 0.1) is 23.3 Å². The fraction of sp³-hybridized carbons (Fsp3) is 0.773. The number of ketones is 1. The van der Waals surface area contributed by atoms with Gasteiger partial charge in [-0.15, -0.1) is 11.3 Å². The van der Waals surface area contributed by atoms with Crippen LogP contribution in [0.1, 0.15) is 78.4 Å². The van der Waals surface area contributed by atoms with Gasteiger partial charge >= 0.3 is 6.03 Å². The van der Waals surface area contributed by atoms with Crippen LogP contribution in [0.25, 0.3) is 0 Å². The molecule has 0 aliphatic heterocycles. The van der Waals surface area contributed by atoms with Crippen LogP contribution in [0, 0.1) is 0 Å². The first kappa shape index (κ1) is 31.6. The first-order valence-corrected chi connectivity index (χ1v) is 11.6. The van der Waals surface area contributed by atoms with Crippen molar-refractivity contribution in [3.05, 3.63) is 16.1 Å². The second-order valence-electron chi connectivity index (χ2n) is 7.81. The molecule has 1 aromatic heterocycles. The molecule has 0 aliphatic rings. The van der Waals surface area contributed by atoms with Crippen molar-refractivity contribution >= 4 is 23.2 Å². The third-order valence-electron chi connectivity index (χ3n) is 3.94. The number of amides is 2. The summed E-state index contributed by atoms with van der Waals surface area (Å²) in [7, 11) is 3.72. The van der Waals surface area contributed by atoms with E-state index in [1.807, 2.05) is 26.3 Å². The number of hydrogen-bond donors (Lipinski definition) is 1. The molecule has 6 nitrogen and oxygen atoms in total. The predicted molar refractivity (Wildman–Crippen MR) is 126 cm³/mol. The largest absolute Gasteiger partial charge is 0.328 e. The zero-order valence-electron chi connectivity index (χ0n) is 20.9. The molecule has 0 fully saturated rings. The molecule has 1 unspecified atom stereocenters. The van der Waals surface area contributed by atoms with E-state index in [4.69, 9.17) is 0 Å². The maximum atomic E-state index is 12.3. The number of rotatable bonds is 9. The average molecular weight is 465 g/mol. The minimum atomic E-state index is -2.50. The number of alkyl halides is 2. The van der Waals surface area contributed by atoms with Crippen LogP contribution in [-0.4, -0.2) is 65.7 Å². The average Bonchev–Trinajstić information content (AvgIpc) is 3.13. The molecule has 1 heterocycles. The summed E-state index contributed by atoms with van der Waals surface area (Å²) >= 11 is 1.61. The summed E-state index contributed by atoms with van der Waals surface area (Å²) in [6, 6.07) is -0.691. The Morgan fingerprint density at radius 3 is 2.13 bits per heavy atom. The lowest BCUT2D eigenvalue weighted by atomic mass is 10.1. The molecule has 9 heteroatoms. The van der Waals surface area contributed by atoms with Gasteiger partial charge in [0.25, 0.3) is 0 Å².